The molecule has 0 unspecified atom stereocenters. The largest absolute Gasteiger partial charge is 0.485 e. The average Bonchev–Trinajstić information content (AvgIpc) is 3.23. The van der Waals surface area contributed by atoms with E-state index in [1.165, 1.54) is 16.8 Å². The van der Waals surface area contributed by atoms with Crippen LogP contribution in [0.4, 0.5) is 10.1 Å². The van der Waals surface area contributed by atoms with Gasteiger partial charge in [-0.05, 0) is 54.1 Å². The number of carbonyl (C=O) groups excluding carboxylic acids is 1. The van der Waals surface area contributed by atoms with Gasteiger partial charge >= 0.3 is 0 Å². The number of nitrogens with zero attached hydrogens (tertiary/aromatic N) is 6. The van der Waals surface area contributed by atoms with E-state index in [9.17, 15) is 9.18 Å². The highest BCUT2D eigenvalue weighted by Crippen LogP contribution is 2.33. The Bertz CT molecular complexity index is 1070. The van der Waals surface area contributed by atoms with Gasteiger partial charge in [-0.1, -0.05) is 24.3 Å². The van der Waals surface area contributed by atoms with Crippen LogP contribution < -0.4 is 9.64 Å². The van der Waals surface area contributed by atoms with Gasteiger partial charge in [0.05, 0.1) is 18.8 Å². The first-order valence-corrected chi connectivity index (χ1v) is 10.7. The highest BCUT2D eigenvalue weighted by atomic mass is 19.1. The molecule has 0 aliphatic carbocycles. The first-order valence-electron chi connectivity index (χ1n) is 10.7. The van der Waals surface area contributed by atoms with E-state index in [2.05, 4.69) is 27.3 Å². The first-order chi connectivity index (χ1) is 15.5. The molecule has 168 valence electrons. The van der Waals surface area contributed by atoms with Crippen LogP contribution in [0.15, 0.2) is 48.5 Å². The van der Waals surface area contributed by atoms with Crippen LogP contribution in [0.2, 0.25) is 0 Å². The lowest BCUT2D eigenvalue weighted by Crippen LogP contribution is -2.48. The Hall–Kier alpha value is -3.49. The van der Waals surface area contributed by atoms with Crippen LogP contribution in [0.3, 0.4) is 0 Å². The Labute approximate surface area is 186 Å². The van der Waals surface area contributed by atoms with Gasteiger partial charge in [-0.25, -0.2) is 9.07 Å². The number of hydrogen-bond donors (Lipinski definition) is 0. The number of halogens is 1. The molecular weight excluding hydrogens is 411 g/mol. The summed E-state index contributed by atoms with van der Waals surface area (Å²) >= 11 is 0. The van der Waals surface area contributed by atoms with Gasteiger partial charge in [0.2, 0.25) is 5.91 Å². The number of benzene rings is 2. The second-order valence-corrected chi connectivity index (χ2v) is 7.98. The quantitative estimate of drug-likeness (QED) is 0.565. The minimum atomic E-state index is -0.640. The lowest BCUT2D eigenvalue weighted by molar-refractivity contribution is -0.134. The summed E-state index contributed by atoms with van der Waals surface area (Å²) in [6.07, 6.45) is 0.186. The number of rotatable bonds is 7. The molecule has 2 heterocycles. The lowest BCUT2D eigenvalue weighted by atomic mass is 10.0. The van der Waals surface area contributed by atoms with Crippen molar-refractivity contribution in [2.24, 2.45) is 0 Å². The van der Waals surface area contributed by atoms with E-state index in [-0.39, 0.29) is 17.8 Å². The first kappa shape index (κ1) is 21.7. The maximum Gasteiger partial charge on any atom is 0.247 e. The zero-order chi connectivity index (χ0) is 22.7. The summed E-state index contributed by atoms with van der Waals surface area (Å²) in [4.78, 5) is 17.4. The molecule has 1 amide bonds. The van der Waals surface area contributed by atoms with Crippen molar-refractivity contribution in [1.82, 2.24) is 25.1 Å². The van der Waals surface area contributed by atoms with E-state index in [0.717, 1.165) is 23.5 Å². The molecule has 0 N–H and O–H groups in total. The fourth-order valence-electron chi connectivity index (χ4n) is 4.07. The fourth-order valence-corrected chi connectivity index (χ4v) is 4.07. The number of aryl methyl sites for hydroxylation is 1. The predicted molar refractivity (Wildman–Crippen MR) is 118 cm³/mol. The highest BCUT2D eigenvalue weighted by molar-refractivity contribution is 5.80. The maximum atomic E-state index is 13.5. The van der Waals surface area contributed by atoms with E-state index >= 15 is 0 Å². The van der Waals surface area contributed by atoms with E-state index in [0.29, 0.717) is 25.3 Å². The topological polar surface area (TPSA) is 76.4 Å². The number of hydrogen-bond acceptors (Lipinski definition) is 6. The van der Waals surface area contributed by atoms with Crippen molar-refractivity contribution in [3.05, 3.63) is 65.7 Å². The van der Waals surface area contributed by atoms with Crippen LogP contribution in [0.25, 0.3) is 0 Å². The summed E-state index contributed by atoms with van der Waals surface area (Å²) in [6, 6.07) is 13.4. The Balaban J connectivity index is 1.52. The summed E-state index contributed by atoms with van der Waals surface area (Å²) in [6.45, 7) is 5.83. The molecule has 0 radical (unpaired) electrons. The Morgan fingerprint density at radius 1 is 1.25 bits per heavy atom. The fraction of sp³-hybridized carbons (Fsp3) is 0.391. The smallest absolute Gasteiger partial charge is 0.247 e. The molecule has 1 aromatic heterocycles. The molecule has 1 aliphatic heterocycles. The Kier molecular flexibility index (Phi) is 6.34. The third-order valence-electron chi connectivity index (χ3n) is 5.74. The average molecular weight is 439 g/mol. The Morgan fingerprint density at radius 2 is 2.00 bits per heavy atom. The van der Waals surface area contributed by atoms with E-state index < -0.39 is 6.04 Å². The summed E-state index contributed by atoms with van der Waals surface area (Å²) in [5.41, 5.74) is 1.90. The molecular formula is C23H27FN6O2. The van der Waals surface area contributed by atoms with Crippen molar-refractivity contribution in [2.45, 2.75) is 32.4 Å². The van der Waals surface area contributed by atoms with Crippen LogP contribution in [0, 0.1) is 12.7 Å². The van der Waals surface area contributed by atoms with Gasteiger partial charge in [-0.15, -0.1) is 5.10 Å². The molecule has 0 spiro atoms. The van der Waals surface area contributed by atoms with Crippen molar-refractivity contribution in [1.29, 1.82) is 0 Å². The predicted octanol–water partition coefficient (Wildman–Crippen LogP) is 2.65. The maximum absolute atomic E-state index is 13.5. The number of likely N-dealkylation sites (N-methyl/N-ethyl adjacent to an activating group) is 2. The number of anilines is 1. The molecule has 0 saturated carbocycles. The van der Waals surface area contributed by atoms with Crippen LogP contribution in [-0.4, -0.2) is 63.8 Å². The number of ether oxygens (including phenoxy) is 1. The van der Waals surface area contributed by atoms with Crippen LogP contribution in [0.1, 0.15) is 24.4 Å². The molecule has 0 saturated heterocycles. The number of para-hydroxylation sites is 2. The number of fused-ring (bicyclic) bond motifs is 1. The molecule has 32 heavy (non-hydrogen) atoms. The zero-order valence-corrected chi connectivity index (χ0v) is 18.5. The monoisotopic (exact) mass is 438 g/mol. The molecule has 3 aromatic rings. The van der Waals surface area contributed by atoms with Crippen molar-refractivity contribution < 1.29 is 13.9 Å². The van der Waals surface area contributed by atoms with Crippen LogP contribution in [0.5, 0.6) is 5.75 Å². The molecule has 8 nitrogen and oxygen atoms in total. The minimum Gasteiger partial charge on any atom is -0.485 e. The van der Waals surface area contributed by atoms with Crippen molar-refractivity contribution in [2.75, 3.05) is 31.6 Å². The van der Waals surface area contributed by atoms with Crippen molar-refractivity contribution >= 4 is 11.6 Å². The summed E-state index contributed by atoms with van der Waals surface area (Å²) in [5.74, 6) is 0.919. The van der Waals surface area contributed by atoms with Gasteiger partial charge in [-0.3, -0.25) is 4.79 Å². The van der Waals surface area contributed by atoms with Gasteiger partial charge in [0.15, 0.2) is 0 Å². The molecule has 2 aromatic carbocycles. The van der Waals surface area contributed by atoms with Crippen molar-refractivity contribution in [3.63, 3.8) is 0 Å². The molecule has 0 bridgehead atoms. The molecule has 2 atom stereocenters. The van der Waals surface area contributed by atoms with Gasteiger partial charge in [0.25, 0.3) is 0 Å². The number of amides is 1. The zero-order valence-electron chi connectivity index (χ0n) is 18.5. The summed E-state index contributed by atoms with van der Waals surface area (Å²) < 4.78 is 21.1. The van der Waals surface area contributed by atoms with E-state index in [1.807, 2.05) is 24.3 Å². The van der Waals surface area contributed by atoms with Gasteiger partial charge in [-0.2, -0.15) is 0 Å². The standard InChI is InChI=1S/C23H27FN6O2/c1-4-29-15-19(32-22-8-6-5-7-20(22)29)14-28(3)23(31)21(30-16(2)25-26-27-30)13-17-9-11-18(24)12-10-17/h5-12,19,21H,4,13-15H2,1-3H3/t19-,21+/m1/s1. The normalized spacial score (nSPS) is 16.2. The minimum absolute atomic E-state index is 0.129. The lowest BCUT2D eigenvalue weighted by Gasteiger charge is -2.37. The second-order valence-electron chi connectivity index (χ2n) is 7.98. The van der Waals surface area contributed by atoms with Crippen LogP contribution in [-0.2, 0) is 11.2 Å². The number of carbonyl (C=O) groups is 1. The van der Waals surface area contributed by atoms with E-state index in [1.54, 1.807) is 31.0 Å². The number of aromatic nitrogens is 4. The molecule has 1 aliphatic rings. The summed E-state index contributed by atoms with van der Waals surface area (Å²) in [7, 11) is 1.76. The number of tetrazole rings is 1. The molecule has 4 rings (SSSR count). The second kappa shape index (κ2) is 9.33. The van der Waals surface area contributed by atoms with Gasteiger partial charge < -0.3 is 14.5 Å². The third-order valence-corrected chi connectivity index (χ3v) is 5.74. The van der Waals surface area contributed by atoms with Gasteiger partial charge in [0.1, 0.15) is 29.5 Å². The third kappa shape index (κ3) is 4.56. The van der Waals surface area contributed by atoms with Gasteiger partial charge in [0, 0.05) is 20.0 Å². The summed E-state index contributed by atoms with van der Waals surface area (Å²) in [5, 5.41) is 11.7. The van der Waals surface area contributed by atoms with Crippen LogP contribution >= 0.6 is 0 Å². The van der Waals surface area contributed by atoms with E-state index in [4.69, 9.17) is 4.74 Å². The highest BCUT2D eigenvalue weighted by Gasteiger charge is 2.31. The van der Waals surface area contributed by atoms with Crippen molar-refractivity contribution in [3.8, 4) is 5.75 Å². The SMILES string of the molecule is CCN1C[C@@H](CN(C)C(=O)[C@H](Cc2ccc(F)cc2)n2nnnc2C)Oc2ccccc21. The molecule has 9 heteroatoms. The molecule has 0 fully saturated rings. The Morgan fingerprint density at radius 3 is 2.69 bits per heavy atom.